The van der Waals surface area contributed by atoms with E-state index in [1.165, 1.54) is 0 Å². The molecule has 4 nitrogen and oxygen atoms in total. The Morgan fingerprint density at radius 2 is 2.07 bits per heavy atom. The van der Waals surface area contributed by atoms with Crippen LogP contribution in [0.15, 0.2) is 0 Å². The minimum atomic E-state index is -0.112. The summed E-state index contributed by atoms with van der Waals surface area (Å²) in [5.74, 6) is 0.534. The first-order chi connectivity index (χ1) is 6.76. The average molecular weight is 237 g/mol. The van der Waals surface area contributed by atoms with Crippen LogP contribution in [0.1, 0.15) is 19.8 Å². The summed E-state index contributed by atoms with van der Waals surface area (Å²) < 4.78 is 4.89. The maximum absolute atomic E-state index is 11.2. The van der Waals surface area contributed by atoms with Gasteiger partial charge in [-0.05, 0) is 45.3 Å². The maximum atomic E-state index is 11.2. The summed E-state index contributed by atoms with van der Waals surface area (Å²) in [6.07, 6.45) is 2.21. The van der Waals surface area contributed by atoms with Crippen LogP contribution < -0.4 is 5.73 Å². The van der Waals surface area contributed by atoms with Crippen molar-refractivity contribution in [2.75, 3.05) is 32.8 Å². The first-order valence-corrected chi connectivity index (χ1v) is 5.34. The highest BCUT2D eigenvalue weighted by molar-refractivity contribution is 5.85. The second-order valence-corrected chi connectivity index (χ2v) is 3.76. The van der Waals surface area contributed by atoms with Crippen molar-refractivity contribution in [2.45, 2.75) is 19.8 Å². The van der Waals surface area contributed by atoms with Gasteiger partial charge in [0.15, 0.2) is 0 Å². The largest absolute Gasteiger partial charge is 0.465 e. The Balaban J connectivity index is 0.00000196. The molecule has 0 bridgehead atoms. The van der Waals surface area contributed by atoms with E-state index >= 15 is 0 Å². The number of rotatable bonds is 4. The van der Waals surface area contributed by atoms with Crippen molar-refractivity contribution in [3.63, 3.8) is 0 Å². The molecular formula is C10H21ClN2O2. The molecule has 15 heavy (non-hydrogen) atoms. The fraction of sp³-hybridized carbons (Fsp3) is 0.900. The topological polar surface area (TPSA) is 55.6 Å². The van der Waals surface area contributed by atoms with Gasteiger partial charge in [-0.25, -0.2) is 0 Å². The van der Waals surface area contributed by atoms with Gasteiger partial charge < -0.3 is 10.5 Å². The Hall–Kier alpha value is -0.320. The second-order valence-electron chi connectivity index (χ2n) is 3.76. The number of ether oxygens (including phenoxy) is 1. The molecule has 5 heteroatoms. The SMILES string of the molecule is CCOC(=O)CN1CCC(CN)CC1.Cl. The molecule has 0 spiro atoms. The Bertz CT molecular complexity index is 182. The third kappa shape index (κ3) is 5.35. The molecule has 90 valence electrons. The van der Waals surface area contributed by atoms with Gasteiger partial charge >= 0.3 is 5.97 Å². The number of hydrogen-bond donors (Lipinski definition) is 1. The van der Waals surface area contributed by atoms with Crippen molar-refractivity contribution in [2.24, 2.45) is 11.7 Å². The van der Waals surface area contributed by atoms with Crippen LogP contribution in [0.4, 0.5) is 0 Å². The summed E-state index contributed by atoms with van der Waals surface area (Å²) in [6, 6.07) is 0. The number of likely N-dealkylation sites (tertiary alicyclic amines) is 1. The molecule has 1 aliphatic heterocycles. The van der Waals surface area contributed by atoms with E-state index in [9.17, 15) is 4.79 Å². The predicted molar refractivity (Wildman–Crippen MR) is 62.1 cm³/mol. The van der Waals surface area contributed by atoms with Crippen LogP contribution in [0.5, 0.6) is 0 Å². The first kappa shape index (κ1) is 14.7. The first-order valence-electron chi connectivity index (χ1n) is 5.34. The summed E-state index contributed by atoms with van der Waals surface area (Å²) in [5, 5.41) is 0. The molecule has 0 amide bonds. The molecule has 0 aromatic heterocycles. The fourth-order valence-corrected chi connectivity index (χ4v) is 1.77. The molecule has 1 rings (SSSR count). The highest BCUT2D eigenvalue weighted by atomic mass is 35.5. The van der Waals surface area contributed by atoms with Crippen LogP contribution in [-0.4, -0.2) is 43.7 Å². The van der Waals surface area contributed by atoms with E-state index in [1.54, 1.807) is 0 Å². The summed E-state index contributed by atoms with van der Waals surface area (Å²) in [5.41, 5.74) is 5.59. The van der Waals surface area contributed by atoms with Gasteiger partial charge in [0.1, 0.15) is 0 Å². The van der Waals surface area contributed by atoms with Gasteiger partial charge in [0, 0.05) is 0 Å². The molecule has 0 saturated carbocycles. The Morgan fingerprint density at radius 1 is 1.47 bits per heavy atom. The molecular weight excluding hydrogens is 216 g/mol. The van der Waals surface area contributed by atoms with Crippen LogP contribution in [0.25, 0.3) is 0 Å². The Kier molecular flexibility index (Phi) is 7.74. The van der Waals surface area contributed by atoms with Gasteiger partial charge in [0.2, 0.25) is 0 Å². The van der Waals surface area contributed by atoms with E-state index in [0.717, 1.165) is 32.5 Å². The molecule has 0 aromatic carbocycles. The summed E-state index contributed by atoms with van der Waals surface area (Å²) in [6.45, 7) is 5.45. The monoisotopic (exact) mass is 236 g/mol. The zero-order valence-electron chi connectivity index (χ0n) is 9.28. The third-order valence-corrected chi connectivity index (χ3v) is 2.70. The lowest BCUT2D eigenvalue weighted by atomic mass is 9.97. The molecule has 1 aliphatic rings. The van der Waals surface area contributed by atoms with Crippen LogP contribution in [-0.2, 0) is 9.53 Å². The molecule has 0 radical (unpaired) electrons. The third-order valence-electron chi connectivity index (χ3n) is 2.70. The zero-order chi connectivity index (χ0) is 10.4. The molecule has 0 unspecified atom stereocenters. The van der Waals surface area contributed by atoms with E-state index < -0.39 is 0 Å². The molecule has 1 heterocycles. The number of nitrogens with two attached hydrogens (primary N) is 1. The average Bonchev–Trinajstić information content (AvgIpc) is 2.19. The lowest BCUT2D eigenvalue weighted by Gasteiger charge is -2.30. The fourth-order valence-electron chi connectivity index (χ4n) is 1.77. The van der Waals surface area contributed by atoms with E-state index in [-0.39, 0.29) is 18.4 Å². The van der Waals surface area contributed by atoms with Gasteiger partial charge in [0.25, 0.3) is 0 Å². The summed E-state index contributed by atoms with van der Waals surface area (Å²) in [4.78, 5) is 13.3. The maximum Gasteiger partial charge on any atom is 0.320 e. The number of esters is 1. The number of nitrogens with zero attached hydrogens (tertiary/aromatic N) is 1. The highest BCUT2D eigenvalue weighted by Crippen LogP contribution is 2.15. The lowest BCUT2D eigenvalue weighted by Crippen LogP contribution is -2.39. The number of hydrogen-bond acceptors (Lipinski definition) is 4. The zero-order valence-corrected chi connectivity index (χ0v) is 10.1. The molecule has 1 fully saturated rings. The van der Waals surface area contributed by atoms with Crippen molar-refractivity contribution >= 4 is 18.4 Å². The van der Waals surface area contributed by atoms with Crippen molar-refractivity contribution < 1.29 is 9.53 Å². The second kappa shape index (κ2) is 7.91. The van der Waals surface area contributed by atoms with Gasteiger partial charge in [-0.15, -0.1) is 12.4 Å². The number of carbonyl (C=O) groups is 1. The quantitative estimate of drug-likeness (QED) is 0.728. The molecule has 2 N–H and O–H groups in total. The number of halogens is 1. The van der Waals surface area contributed by atoms with Gasteiger partial charge in [-0.2, -0.15) is 0 Å². The van der Waals surface area contributed by atoms with Gasteiger partial charge in [-0.3, -0.25) is 9.69 Å². The summed E-state index contributed by atoms with van der Waals surface area (Å²) in [7, 11) is 0. The Labute approximate surface area is 97.5 Å². The van der Waals surface area contributed by atoms with Crippen LogP contribution in [0, 0.1) is 5.92 Å². The summed E-state index contributed by atoms with van der Waals surface area (Å²) >= 11 is 0. The normalized spacial score (nSPS) is 18.3. The predicted octanol–water partition coefficient (Wildman–Crippen LogP) is 0.642. The smallest absolute Gasteiger partial charge is 0.320 e. The van der Waals surface area contributed by atoms with E-state index in [4.69, 9.17) is 10.5 Å². The molecule has 0 atom stereocenters. The van der Waals surface area contributed by atoms with Crippen molar-refractivity contribution in [1.29, 1.82) is 0 Å². The lowest BCUT2D eigenvalue weighted by molar-refractivity contribution is -0.144. The van der Waals surface area contributed by atoms with Crippen LogP contribution in [0.3, 0.4) is 0 Å². The molecule has 1 saturated heterocycles. The number of piperidine rings is 1. The van der Waals surface area contributed by atoms with Crippen molar-refractivity contribution in [1.82, 2.24) is 4.90 Å². The van der Waals surface area contributed by atoms with Crippen LogP contribution in [0.2, 0.25) is 0 Å². The van der Waals surface area contributed by atoms with Crippen molar-refractivity contribution in [3.05, 3.63) is 0 Å². The highest BCUT2D eigenvalue weighted by Gasteiger charge is 2.19. The molecule has 0 aromatic rings. The van der Waals surface area contributed by atoms with Crippen LogP contribution >= 0.6 is 12.4 Å². The minimum Gasteiger partial charge on any atom is -0.465 e. The van der Waals surface area contributed by atoms with Crippen molar-refractivity contribution in [3.8, 4) is 0 Å². The number of carbonyl (C=O) groups excluding carboxylic acids is 1. The van der Waals surface area contributed by atoms with Gasteiger partial charge in [0.05, 0.1) is 13.2 Å². The minimum absolute atomic E-state index is 0. The Morgan fingerprint density at radius 3 is 2.53 bits per heavy atom. The standard InChI is InChI=1S/C10H20N2O2.ClH/c1-2-14-10(13)8-12-5-3-9(7-11)4-6-12;/h9H,2-8,11H2,1H3;1H. The van der Waals surface area contributed by atoms with E-state index in [0.29, 0.717) is 19.1 Å². The molecule has 0 aliphatic carbocycles. The van der Waals surface area contributed by atoms with E-state index in [1.807, 2.05) is 6.92 Å². The van der Waals surface area contributed by atoms with Gasteiger partial charge in [-0.1, -0.05) is 0 Å². The van der Waals surface area contributed by atoms with E-state index in [2.05, 4.69) is 4.90 Å².